The number of aromatic nitrogens is 1. The van der Waals surface area contributed by atoms with Crippen molar-refractivity contribution in [2.75, 3.05) is 0 Å². The van der Waals surface area contributed by atoms with E-state index in [1.807, 2.05) is 16.7 Å². The van der Waals surface area contributed by atoms with Gasteiger partial charge in [-0.2, -0.15) is 0 Å². The molecule has 0 saturated heterocycles. The van der Waals surface area contributed by atoms with Crippen LogP contribution in [-0.2, 0) is 0 Å². The van der Waals surface area contributed by atoms with Crippen LogP contribution < -0.4 is 5.43 Å². The Kier molecular flexibility index (Phi) is 2.04. The van der Waals surface area contributed by atoms with Crippen molar-refractivity contribution in [3.05, 3.63) is 46.2 Å². The van der Waals surface area contributed by atoms with E-state index in [0.717, 1.165) is 18.4 Å². The summed E-state index contributed by atoms with van der Waals surface area (Å²) in [6, 6.07) is 7.51. The van der Waals surface area contributed by atoms with Crippen molar-refractivity contribution in [3.8, 4) is 0 Å². The summed E-state index contributed by atoms with van der Waals surface area (Å²) >= 11 is 0. The smallest absolute Gasteiger partial charge is 0.341 e. The summed E-state index contributed by atoms with van der Waals surface area (Å²) in [5.41, 5.74) is 0.283. The van der Waals surface area contributed by atoms with E-state index in [0.29, 0.717) is 11.4 Å². The van der Waals surface area contributed by atoms with Gasteiger partial charge in [-0.1, -0.05) is 12.1 Å². The van der Waals surface area contributed by atoms with Gasteiger partial charge in [-0.15, -0.1) is 0 Å². The lowest BCUT2D eigenvalue weighted by Gasteiger charge is -2.10. The molecule has 0 amide bonds. The monoisotopic (exact) mass is 229 g/mol. The number of carboxylic acid groups (broad SMARTS) is 1. The van der Waals surface area contributed by atoms with Gasteiger partial charge in [0.25, 0.3) is 0 Å². The van der Waals surface area contributed by atoms with Gasteiger partial charge in [0.2, 0.25) is 5.43 Å². The van der Waals surface area contributed by atoms with Crippen LogP contribution in [0.1, 0.15) is 29.2 Å². The molecule has 1 fully saturated rings. The molecule has 0 spiro atoms. The number of aromatic carboxylic acids is 1. The number of carboxylic acids is 1. The van der Waals surface area contributed by atoms with Gasteiger partial charge >= 0.3 is 5.97 Å². The lowest BCUT2D eigenvalue weighted by Crippen LogP contribution is -2.18. The molecule has 0 bridgehead atoms. The van der Waals surface area contributed by atoms with Crippen molar-refractivity contribution in [2.45, 2.75) is 18.9 Å². The summed E-state index contributed by atoms with van der Waals surface area (Å²) in [6.45, 7) is 0. The fourth-order valence-corrected chi connectivity index (χ4v) is 2.11. The third-order valence-corrected chi connectivity index (χ3v) is 3.11. The third-order valence-electron chi connectivity index (χ3n) is 3.11. The van der Waals surface area contributed by atoms with Crippen LogP contribution in [0.25, 0.3) is 10.9 Å². The van der Waals surface area contributed by atoms with Crippen LogP contribution in [-0.4, -0.2) is 15.6 Å². The number of para-hydroxylation sites is 1. The molecule has 1 aliphatic rings. The fraction of sp³-hybridized carbons (Fsp3) is 0.231. The maximum absolute atomic E-state index is 12.0. The Balaban J connectivity index is 2.42. The van der Waals surface area contributed by atoms with Crippen molar-refractivity contribution in [1.82, 2.24) is 4.57 Å². The molecule has 1 aromatic heterocycles. The van der Waals surface area contributed by atoms with E-state index in [1.165, 1.54) is 6.20 Å². The van der Waals surface area contributed by atoms with Crippen molar-refractivity contribution < 1.29 is 9.90 Å². The average molecular weight is 229 g/mol. The van der Waals surface area contributed by atoms with Gasteiger partial charge in [-0.3, -0.25) is 4.79 Å². The number of fused-ring (bicyclic) bond motifs is 1. The first kappa shape index (κ1) is 10.1. The van der Waals surface area contributed by atoms with Crippen LogP contribution in [0.4, 0.5) is 0 Å². The molecule has 0 atom stereocenters. The Bertz CT molecular complexity index is 668. The van der Waals surface area contributed by atoms with E-state index in [4.69, 9.17) is 5.11 Å². The number of benzene rings is 1. The lowest BCUT2D eigenvalue weighted by molar-refractivity contribution is 0.0695. The average Bonchev–Trinajstić information content (AvgIpc) is 3.13. The highest BCUT2D eigenvalue weighted by Gasteiger charge is 2.26. The quantitative estimate of drug-likeness (QED) is 0.857. The van der Waals surface area contributed by atoms with Gasteiger partial charge in [0.05, 0.1) is 5.52 Å². The highest BCUT2D eigenvalue weighted by Crippen LogP contribution is 2.36. The van der Waals surface area contributed by atoms with Crippen LogP contribution in [0.15, 0.2) is 35.3 Å². The number of nitrogens with zero attached hydrogens (tertiary/aromatic N) is 1. The largest absolute Gasteiger partial charge is 0.477 e. The summed E-state index contributed by atoms with van der Waals surface area (Å²) in [7, 11) is 0. The Morgan fingerprint density at radius 2 is 2.00 bits per heavy atom. The Hall–Kier alpha value is -2.10. The maximum Gasteiger partial charge on any atom is 0.341 e. The summed E-state index contributed by atoms with van der Waals surface area (Å²) in [4.78, 5) is 23.0. The van der Waals surface area contributed by atoms with Crippen LogP contribution in [0.3, 0.4) is 0 Å². The summed E-state index contributed by atoms with van der Waals surface area (Å²) in [5.74, 6) is -1.16. The number of hydrogen-bond donors (Lipinski definition) is 1. The minimum absolute atomic E-state index is 0.143. The van der Waals surface area contributed by atoms with Gasteiger partial charge in [0.15, 0.2) is 0 Å². The molecule has 3 rings (SSSR count). The topological polar surface area (TPSA) is 59.3 Å². The molecular weight excluding hydrogens is 218 g/mol. The second-order valence-corrected chi connectivity index (χ2v) is 4.33. The molecule has 1 N–H and O–H groups in total. The zero-order valence-electron chi connectivity index (χ0n) is 9.09. The van der Waals surface area contributed by atoms with Crippen LogP contribution >= 0.6 is 0 Å². The zero-order valence-corrected chi connectivity index (χ0v) is 9.09. The summed E-state index contributed by atoms with van der Waals surface area (Å²) < 4.78 is 1.92. The van der Waals surface area contributed by atoms with Crippen molar-refractivity contribution >= 4 is 16.9 Å². The van der Waals surface area contributed by atoms with Crippen molar-refractivity contribution in [1.29, 1.82) is 0 Å². The molecule has 0 unspecified atom stereocenters. The van der Waals surface area contributed by atoms with E-state index in [2.05, 4.69) is 0 Å². The summed E-state index contributed by atoms with van der Waals surface area (Å²) in [5, 5.41) is 9.52. The molecule has 0 aliphatic heterocycles. The van der Waals surface area contributed by atoms with Crippen LogP contribution in [0.2, 0.25) is 0 Å². The maximum atomic E-state index is 12.0. The van der Waals surface area contributed by atoms with E-state index in [1.54, 1.807) is 12.1 Å². The molecule has 1 aliphatic carbocycles. The molecule has 86 valence electrons. The minimum atomic E-state index is -1.16. The molecule has 1 heterocycles. The number of rotatable bonds is 2. The Morgan fingerprint density at radius 1 is 1.29 bits per heavy atom. The molecule has 2 aromatic rings. The number of pyridine rings is 1. The van der Waals surface area contributed by atoms with Crippen molar-refractivity contribution in [2.24, 2.45) is 0 Å². The number of carbonyl (C=O) groups is 1. The molecule has 1 aromatic carbocycles. The van der Waals surface area contributed by atoms with Crippen molar-refractivity contribution in [3.63, 3.8) is 0 Å². The first-order valence-corrected chi connectivity index (χ1v) is 5.55. The minimum Gasteiger partial charge on any atom is -0.477 e. The van der Waals surface area contributed by atoms with Gasteiger partial charge in [0.1, 0.15) is 5.56 Å². The summed E-state index contributed by atoms with van der Waals surface area (Å²) in [6.07, 6.45) is 3.57. The number of hydrogen-bond acceptors (Lipinski definition) is 2. The molecule has 4 heteroatoms. The fourth-order valence-electron chi connectivity index (χ4n) is 2.11. The van der Waals surface area contributed by atoms with E-state index in [9.17, 15) is 9.59 Å². The highest BCUT2D eigenvalue weighted by atomic mass is 16.4. The molecule has 17 heavy (non-hydrogen) atoms. The zero-order chi connectivity index (χ0) is 12.0. The van der Waals surface area contributed by atoms with Gasteiger partial charge in [-0.25, -0.2) is 4.79 Å². The predicted molar refractivity (Wildman–Crippen MR) is 63.4 cm³/mol. The van der Waals surface area contributed by atoms with Gasteiger partial charge in [-0.05, 0) is 25.0 Å². The van der Waals surface area contributed by atoms with E-state index < -0.39 is 11.4 Å². The second-order valence-electron chi connectivity index (χ2n) is 4.33. The predicted octanol–water partition coefficient (Wildman–Crippen LogP) is 2.03. The molecule has 1 saturated carbocycles. The Labute approximate surface area is 97.1 Å². The third kappa shape index (κ3) is 1.53. The van der Waals surface area contributed by atoms with E-state index >= 15 is 0 Å². The van der Waals surface area contributed by atoms with E-state index in [-0.39, 0.29) is 5.56 Å². The van der Waals surface area contributed by atoms with Crippen LogP contribution in [0.5, 0.6) is 0 Å². The van der Waals surface area contributed by atoms with Gasteiger partial charge < -0.3 is 9.67 Å². The first-order valence-electron chi connectivity index (χ1n) is 5.55. The first-order chi connectivity index (χ1) is 8.18. The normalized spacial score (nSPS) is 15.1. The van der Waals surface area contributed by atoms with Crippen LogP contribution in [0, 0.1) is 0 Å². The molecule has 4 nitrogen and oxygen atoms in total. The molecule has 0 radical (unpaired) electrons. The second kappa shape index (κ2) is 3.45. The van der Waals surface area contributed by atoms with Gasteiger partial charge in [0, 0.05) is 17.6 Å². The standard InChI is InChI=1S/C13H11NO3/c15-12-9-3-1-2-4-11(9)14(8-5-6-8)7-10(12)13(16)17/h1-4,7-8H,5-6H2,(H,16,17). The highest BCUT2D eigenvalue weighted by molar-refractivity contribution is 5.92. The Morgan fingerprint density at radius 3 is 2.65 bits per heavy atom. The SMILES string of the molecule is O=C(O)c1cn(C2CC2)c2ccccc2c1=O. The lowest BCUT2D eigenvalue weighted by atomic mass is 10.1. The molecular formula is C13H11NO3.